The van der Waals surface area contributed by atoms with Crippen molar-refractivity contribution in [3.05, 3.63) is 41.7 Å². The van der Waals surface area contributed by atoms with Crippen LogP contribution in [0.5, 0.6) is 0 Å². The standard InChI is InChI=1S/C14H13N3O2/c15-13(19)6-12-14-10(3-4-16-12)9-2-1-8(7-18)5-11(9)17-14/h1-5,17-18H,6-7H2,(H2,15,19). The third-order valence-corrected chi connectivity index (χ3v) is 3.19. The molecule has 96 valence electrons. The van der Waals surface area contributed by atoms with Crippen LogP contribution in [0.2, 0.25) is 0 Å². The van der Waals surface area contributed by atoms with Gasteiger partial charge in [-0.25, -0.2) is 0 Å². The second-order valence-electron chi connectivity index (χ2n) is 4.49. The molecule has 0 saturated carbocycles. The maximum Gasteiger partial charge on any atom is 0.223 e. The highest BCUT2D eigenvalue weighted by Gasteiger charge is 2.11. The summed E-state index contributed by atoms with van der Waals surface area (Å²) in [6.45, 7) is -0.00228. The van der Waals surface area contributed by atoms with E-state index < -0.39 is 5.91 Å². The van der Waals surface area contributed by atoms with Crippen molar-refractivity contribution < 1.29 is 9.90 Å². The first-order valence-electron chi connectivity index (χ1n) is 5.96. The molecule has 1 aromatic carbocycles. The normalized spacial score (nSPS) is 11.2. The second kappa shape index (κ2) is 4.37. The number of nitrogens with zero attached hydrogens (tertiary/aromatic N) is 1. The fraction of sp³-hybridized carbons (Fsp3) is 0.143. The average Bonchev–Trinajstić information content (AvgIpc) is 2.77. The third kappa shape index (κ3) is 1.94. The van der Waals surface area contributed by atoms with E-state index in [4.69, 9.17) is 10.8 Å². The van der Waals surface area contributed by atoms with Crippen molar-refractivity contribution in [3.63, 3.8) is 0 Å². The van der Waals surface area contributed by atoms with Crippen LogP contribution in [-0.2, 0) is 17.8 Å². The molecule has 2 aromatic heterocycles. The second-order valence-corrected chi connectivity index (χ2v) is 4.49. The molecule has 0 fully saturated rings. The Labute approximate surface area is 109 Å². The first-order chi connectivity index (χ1) is 9.19. The molecule has 0 aliphatic carbocycles. The molecule has 19 heavy (non-hydrogen) atoms. The molecule has 0 unspecified atom stereocenters. The number of fused-ring (bicyclic) bond motifs is 3. The number of rotatable bonds is 3. The third-order valence-electron chi connectivity index (χ3n) is 3.19. The number of aromatic nitrogens is 2. The van der Waals surface area contributed by atoms with Gasteiger partial charge in [0.05, 0.1) is 24.2 Å². The Morgan fingerprint density at radius 3 is 2.89 bits per heavy atom. The van der Waals surface area contributed by atoms with Gasteiger partial charge in [0.15, 0.2) is 0 Å². The predicted molar refractivity (Wildman–Crippen MR) is 72.4 cm³/mol. The van der Waals surface area contributed by atoms with Crippen molar-refractivity contribution in [2.75, 3.05) is 0 Å². The zero-order valence-corrected chi connectivity index (χ0v) is 10.2. The van der Waals surface area contributed by atoms with Gasteiger partial charge in [-0.05, 0) is 17.7 Å². The van der Waals surface area contributed by atoms with Gasteiger partial charge in [-0.2, -0.15) is 0 Å². The minimum Gasteiger partial charge on any atom is -0.392 e. The molecule has 0 atom stereocenters. The molecule has 3 aromatic rings. The van der Waals surface area contributed by atoms with Gasteiger partial charge in [-0.3, -0.25) is 9.78 Å². The summed E-state index contributed by atoms with van der Waals surface area (Å²) in [6, 6.07) is 7.62. The fourth-order valence-corrected chi connectivity index (χ4v) is 2.33. The lowest BCUT2D eigenvalue weighted by Crippen LogP contribution is -2.14. The van der Waals surface area contributed by atoms with Crippen molar-refractivity contribution in [3.8, 4) is 0 Å². The number of aliphatic hydroxyl groups excluding tert-OH is 1. The van der Waals surface area contributed by atoms with Gasteiger partial charge < -0.3 is 15.8 Å². The molecule has 4 N–H and O–H groups in total. The van der Waals surface area contributed by atoms with E-state index in [-0.39, 0.29) is 13.0 Å². The SMILES string of the molecule is NC(=O)Cc1nccc2c1[nH]c1cc(CO)ccc12. The number of aliphatic hydroxyl groups is 1. The van der Waals surface area contributed by atoms with Gasteiger partial charge in [-0.1, -0.05) is 12.1 Å². The molecule has 5 heteroatoms. The van der Waals surface area contributed by atoms with E-state index in [0.29, 0.717) is 5.69 Å². The predicted octanol–water partition coefficient (Wildman–Crippen LogP) is 1.24. The first kappa shape index (κ1) is 11.7. The minimum atomic E-state index is -0.408. The van der Waals surface area contributed by atoms with Crippen LogP contribution < -0.4 is 5.73 Å². The summed E-state index contributed by atoms with van der Waals surface area (Å²) in [7, 11) is 0. The summed E-state index contributed by atoms with van der Waals surface area (Å²) in [5.41, 5.74) is 8.45. The smallest absolute Gasteiger partial charge is 0.223 e. The number of nitrogens with two attached hydrogens (primary N) is 1. The average molecular weight is 255 g/mol. The maximum atomic E-state index is 11.1. The number of nitrogens with one attached hydrogen (secondary N) is 1. The number of H-pyrrole nitrogens is 1. The molecule has 0 saturated heterocycles. The molecule has 3 rings (SSSR count). The van der Waals surface area contributed by atoms with Crippen molar-refractivity contribution in [2.24, 2.45) is 5.73 Å². The summed E-state index contributed by atoms with van der Waals surface area (Å²) in [4.78, 5) is 18.5. The first-order valence-corrected chi connectivity index (χ1v) is 5.96. The van der Waals surface area contributed by atoms with Crippen molar-refractivity contribution >= 4 is 27.7 Å². The number of hydrogen-bond acceptors (Lipinski definition) is 3. The fourth-order valence-electron chi connectivity index (χ4n) is 2.33. The van der Waals surface area contributed by atoms with Crippen LogP contribution in [0.4, 0.5) is 0 Å². The molecule has 0 radical (unpaired) electrons. The Bertz CT molecular complexity index is 777. The van der Waals surface area contributed by atoms with Crippen LogP contribution in [0.25, 0.3) is 21.8 Å². The molecule has 0 spiro atoms. The van der Waals surface area contributed by atoms with Crippen LogP contribution in [0, 0.1) is 0 Å². The van der Waals surface area contributed by atoms with Crippen LogP contribution in [0.15, 0.2) is 30.5 Å². The summed E-state index contributed by atoms with van der Waals surface area (Å²) in [6.07, 6.45) is 1.78. The molecule has 0 aliphatic rings. The highest BCUT2D eigenvalue weighted by molar-refractivity contribution is 6.08. The number of carbonyl (C=O) groups excluding carboxylic acids is 1. The van der Waals surface area contributed by atoms with E-state index in [0.717, 1.165) is 27.4 Å². The number of benzene rings is 1. The lowest BCUT2D eigenvalue weighted by molar-refractivity contribution is -0.117. The van der Waals surface area contributed by atoms with Crippen molar-refractivity contribution in [1.29, 1.82) is 0 Å². The quantitative estimate of drug-likeness (QED) is 0.657. The maximum absolute atomic E-state index is 11.1. The topological polar surface area (TPSA) is 92.0 Å². The van der Waals surface area contributed by atoms with Gasteiger partial charge in [0, 0.05) is 22.5 Å². The Morgan fingerprint density at radius 1 is 1.32 bits per heavy atom. The largest absolute Gasteiger partial charge is 0.392 e. The van der Waals surface area contributed by atoms with E-state index in [1.807, 2.05) is 24.3 Å². The van der Waals surface area contributed by atoms with Crippen LogP contribution >= 0.6 is 0 Å². The van der Waals surface area contributed by atoms with Gasteiger partial charge >= 0.3 is 0 Å². The molecule has 1 amide bonds. The van der Waals surface area contributed by atoms with Crippen LogP contribution in [-0.4, -0.2) is 21.0 Å². The van der Waals surface area contributed by atoms with Crippen LogP contribution in [0.1, 0.15) is 11.3 Å². The number of aromatic amines is 1. The highest BCUT2D eigenvalue weighted by Crippen LogP contribution is 2.27. The Hall–Kier alpha value is -2.40. The Balaban J connectivity index is 2.29. The summed E-state index contributed by atoms with van der Waals surface area (Å²) >= 11 is 0. The Morgan fingerprint density at radius 2 is 2.16 bits per heavy atom. The van der Waals surface area contributed by atoms with Gasteiger partial charge in [0.2, 0.25) is 5.91 Å². The summed E-state index contributed by atoms with van der Waals surface area (Å²) in [5, 5.41) is 11.2. The molecule has 0 bridgehead atoms. The lowest BCUT2D eigenvalue weighted by Gasteiger charge is -1.98. The van der Waals surface area contributed by atoms with Gasteiger partial charge in [0.25, 0.3) is 0 Å². The molecule has 0 aliphatic heterocycles. The molecular weight excluding hydrogens is 242 g/mol. The number of primary amides is 1. The number of amides is 1. The lowest BCUT2D eigenvalue weighted by atomic mass is 10.1. The number of hydrogen-bond donors (Lipinski definition) is 3. The Kier molecular flexibility index (Phi) is 2.68. The van der Waals surface area contributed by atoms with E-state index in [1.165, 1.54) is 0 Å². The molecule has 5 nitrogen and oxygen atoms in total. The summed E-state index contributed by atoms with van der Waals surface area (Å²) < 4.78 is 0. The van der Waals surface area contributed by atoms with E-state index in [1.54, 1.807) is 6.20 Å². The van der Waals surface area contributed by atoms with Crippen molar-refractivity contribution in [1.82, 2.24) is 9.97 Å². The highest BCUT2D eigenvalue weighted by atomic mass is 16.3. The van der Waals surface area contributed by atoms with Gasteiger partial charge in [0.1, 0.15) is 0 Å². The zero-order valence-electron chi connectivity index (χ0n) is 10.2. The van der Waals surface area contributed by atoms with Gasteiger partial charge in [-0.15, -0.1) is 0 Å². The molecular formula is C14H13N3O2. The summed E-state index contributed by atoms with van der Waals surface area (Å²) in [5.74, 6) is -0.408. The van der Waals surface area contributed by atoms with Crippen molar-refractivity contribution in [2.45, 2.75) is 13.0 Å². The zero-order chi connectivity index (χ0) is 13.4. The monoisotopic (exact) mass is 255 g/mol. The van der Waals surface area contributed by atoms with Crippen LogP contribution in [0.3, 0.4) is 0 Å². The van der Waals surface area contributed by atoms with E-state index in [2.05, 4.69) is 9.97 Å². The number of carbonyl (C=O) groups is 1. The minimum absolute atomic E-state index is 0.00228. The molecule has 2 heterocycles. The van der Waals surface area contributed by atoms with E-state index in [9.17, 15) is 4.79 Å². The number of pyridine rings is 1. The van der Waals surface area contributed by atoms with E-state index >= 15 is 0 Å².